The first kappa shape index (κ1) is 19.2. The van der Waals surface area contributed by atoms with Gasteiger partial charge in [-0.2, -0.15) is 0 Å². The lowest BCUT2D eigenvalue weighted by molar-refractivity contribution is -0.118. The fraction of sp³-hybridized carbons (Fsp3) is 0.350. The molecule has 1 N–H and O–H groups in total. The summed E-state index contributed by atoms with van der Waals surface area (Å²) in [6, 6.07) is 14.2. The van der Waals surface area contributed by atoms with Gasteiger partial charge in [0.05, 0.1) is 12.8 Å². The molecule has 1 aliphatic rings. The second kappa shape index (κ2) is 7.23. The highest BCUT2D eigenvalue weighted by atomic mass is 32.2. The van der Waals surface area contributed by atoms with Crippen molar-refractivity contribution < 1.29 is 17.9 Å². The van der Waals surface area contributed by atoms with E-state index in [1.807, 2.05) is 13.0 Å². The number of amides is 1. The van der Waals surface area contributed by atoms with Crippen LogP contribution in [-0.2, 0) is 14.8 Å². The number of aryl methyl sites for hydroxylation is 1. The van der Waals surface area contributed by atoms with E-state index < -0.39 is 20.7 Å². The van der Waals surface area contributed by atoms with Crippen molar-refractivity contribution in [3.8, 4) is 5.75 Å². The van der Waals surface area contributed by atoms with Crippen LogP contribution in [0.3, 0.4) is 0 Å². The molecule has 1 atom stereocenters. The number of methoxy groups -OCH3 is 1. The molecule has 0 aromatic heterocycles. The molecular formula is C20H24N2O4S. The van der Waals surface area contributed by atoms with Crippen LogP contribution in [-0.4, -0.2) is 32.7 Å². The van der Waals surface area contributed by atoms with Gasteiger partial charge in [0.1, 0.15) is 5.75 Å². The molecule has 1 amide bonds. The SMILES string of the molecule is COc1ccc(NC(=O)C2(C)CCCN(c3ccccc3)S2(=O)=O)c(C)c1. The van der Waals surface area contributed by atoms with Gasteiger partial charge in [0.2, 0.25) is 15.9 Å². The van der Waals surface area contributed by atoms with Crippen LogP contribution in [0.25, 0.3) is 0 Å². The monoisotopic (exact) mass is 388 g/mol. The Morgan fingerprint density at radius 3 is 2.52 bits per heavy atom. The van der Waals surface area contributed by atoms with E-state index in [0.29, 0.717) is 30.1 Å². The molecule has 27 heavy (non-hydrogen) atoms. The minimum Gasteiger partial charge on any atom is -0.497 e. The van der Waals surface area contributed by atoms with Crippen molar-refractivity contribution in [2.45, 2.75) is 31.4 Å². The van der Waals surface area contributed by atoms with E-state index in [2.05, 4.69) is 5.32 Å². The number of benzene rings is 2. The standard InChI is InChI=1S/C20H24N2O4S/c1-15-14-17(26-3)10-11-18(15)21-19(23)20(2)12-7-13-22(27(20,24)25)16-8-5-4-6-9-16/h4-6,8-11,14H,7,12-13H2,1-3H3,(H,21,23). The first-order valence-corrected chi connectivity index (χ1v) is 10.3. The van der Waals surface area contributed by atoms with Gasteiger partial charge >= 0.3 is 0 Å². The second-order valence-corrected chi connectivity index (χ2v) is 9.17. The maximum atomic E-state index is 13.3. The molecule has 2 aromatic carbocycles. The predicted octanol–water partition coefficient (Wildman–Crippen LogP) is 3.33. The van der Waals surface area contributed by atoms with Crippen molar-refractivity contribution in [1.29, 1.82) is 0 Å². The Labute approximate surface area is 160 Å². The number of anilines is 2. The summed E-state index contributed by atoms with van der Waals surface area (Å²) in [6.07, 6.45) is 0.888. The van der Waals surface area contributed by atoms with E-state index in [-0.39, 0.29) is 6.42 Å². The molecule has 0 spiro atoms. The van der Waals surface area contributed by atoms with E-state index in [1.165, 1.54) is 11.2 Å². The number of carbonyl (C=O) groups is 1. The van der Waals surface area contributed by atoms with Gasteiger partial charge in [-0.1, -0.05) is 18.2 Å². The van der Waals surface area contributed by atoms with Crippen molar-refractivity contribution in [3.63, 3.8) is 0 Å². The van der Waals surface area contributed by atoms with Crippen molar-refractivity contribution in [2.24, 2.45) is 0 Å². The molecule has 6 nitrogen and oxygen atoms in total. The van der Waals surface area contributed by atoms with Crippen LogP contribution in [0.5, 0.6) is 5.75 Å². The molecule has 1 aliphatic heterocycles. The van der Waals surface area contributed by atoms with Crippen molar-refractivity contribution in [2.75, 3.05) is 23.3 Å². The van der Waals surface area contributed by atoms with E-state index in [0.717, 1.165) is 5.56 Å². The number of sulfonamides is 1. The van der Waals surface area contributed by atoms with Crippen LogP contribution >= 0.6 is 0 Å². The number of rotatable bonds is 4. The highest BCUT2D eigenvalue weighted by Gasteiger charge is 2.52. The van der Waals surface area contributed by atoms with Crippen LogP contribution in [0.4, 0.5) is 11.4 Å². The number of para-hydroxylation sites is 1. The fourth-order valence-electron chi connectivity index (χ4n) is 3.30. The first-order chi connectivity index (χ1) is 12.8. The van der Waals surface area contributed by atoms with Crippen LogP contribution in [0.1, 0.15) is 25.3 Å². The Hall–Kier alpha value is -2.54. The lowest BCUT2D eigenvalue weighted by Crippen LogP contribution is -2.57. The Morgan fingerprint density at radius 2 is 1.89 bits per heavy atom. The average Bonchev–Trinajstić information content (AvgIpc) is 2.66. The Kier molecular flexibility index (Phi) is 5.15. The second-order valence-electron chi connectivity index (χ2n) is 6.88. The summed E-state index contributed by atoms with van der Waals surface area (Å²) < 4.78 is 31.6. The average molecular weight is 388 g/mol. The summed E-state index contributed by atoms with van der Waals surface area (Å²) in [7, 11) is -2.30. The number of carbonyl (C=O) groups excluding carboxylic acids is 1. The summed E-state index contributed by atoms with van der Waals surface area (Å²) in [5, 5.41) is 2.80. The number of hydrogen-bond acceptors (Lipinski definition) is 4. The van der Waals surface area contributed by atoms with Crippen LogP contribution in [0.15, 0.2) is 48.5 Å². The zero-order valence-corrected chi connectivity index (χ0v) is 16.5. The maximum Gasteiger partial charge on any atom is 0.249 e. The van der Waals surface area contributed by atoms with Gasteiger partial charge in [0.15, 0.2) is 4.75 Å². The lowest BCUT2D eigenvalue weighted by atomic mass is 10.0. The van der Waals surface area contributed by atoms with Gasteiger partial charge in [-0.15, -0.1) is 0 Å². The summed E-state index contributed by atoms with van der Waals surface area (Å²) in [4.78, 5) is 13.0. The summed E-state index contributed by atoms with van der Waals surface area (Å²) >= 11 is 0. The van der Waals surface area contributed by atoms with E-state index in [9.17, 15) is 13.2 Å². The van der Waals surface area contributed by atoms with Crippen molar-refractivity contribution >= 4 is 27.3 Å². The summed E-state index contributed by atoms with van der Waals surface area (Å²) in [5.74, 6) is 0.161. The van der Waals surface area contributed by atoms with E-state index >= 15 is 0 Å². The van der Waals surface area contributed by atoms with E-state index in [1.54, 1.807) is 49.6 Å². The van der Waals surface area contributed by atoms with E-state index in [4.69, 9.17) is 4.74 Å². The highest BCUT2D eigenvalue weighted by Crippen LogP contribution is 2.36. The fourth-order valence-corrected chi connectivity index (χ4v) is 5.25. The molecular weight excluding hydrogens is 364 g/mol. The first-order valence-electron chi connectivity index (χ1n) is 8.83. The van der Waals surface area contributed by atoms with Crippen LogP contribution < -0.4 is 14.4 Å². The minimum absolute atomic E-state index is 0.277. The van der Waals surface area contributed by atoms with Gasteiger partial charge in [-0.3, -0.25) is 9.10 Å². The molecule has 2 aromatic rings. The number of nitrogens with one attached hydrogen (secondary N) is 1. The molecule has 1 heterocycles. The zero-order valence-electron chi connectivity index (χ0n) is 15.7. The molecule has 0 saturated carbocycles. The van der Waals surface area contributed by atoms with Gasteiger partial charge < -0.3 is 10.1 Å². The molecule has 0 aliphatic carbocycles. The van der Waals surface area contributed by atoms with Gasteiger partial charge in [0, 0.05) is 12.2 Å². The molecule has 3 rings (SSSR count). The molecule has 0 radical (unpaired) electrons. The molecule has 1 unspecified atom stereocenters. The molecule has 7 heteroatoms. The highest BCUT2D eigenvalue weighted by molar-refractivity contribution is 7.95. The Balaban J connectivity index is 1.91. The summed E-state index contributed by atoms with van der Waals surface area (Å²) in [6.45, 7) is 3.72. The van der Waals surface area contributed by atoms with Gasteiger partial charge in [0.25, 0.3) is 0 Å². The number of nitrogens with zero attached hydrogens (tertiary/aromatic N) is 1. The van der Waals surface area contributed by atoms with Gasteiger partial charge in [-0.25, -0.2) is 8.42 Å². The third-order valence-electron chi connectivity index (χ3n) is 5.08. The van der Waals surface area contributed by atoms with Crippen molar-refractivity contribution in [1.82, 2.24) is 0 Å². The topological polar surface area (TPSA) is 75.7 Å². The molecule has 1 saturated heterocycles. The number of hydrogen-bond donors (Lipinski definition) is 1. The van der Waals surface area contributed by atoms with Crippen molar-refractivity contribution in [3.05, 3.63) is 54.1 Å². The molecule has 1 fully saturated rings. The molecule has 0 bridgehead atoms. The lowest BCUT2D eigenvalue weighted by Gasteiger charge is -2.39. The number of ether oxygens (including phenoxy) is 1. The molecule has 144 valence electrons. The normalized spacial score (nSPS) is 21.5. The third-order valence-corrected chi connectivity index (χ3v) is 7.58. The Bertz CT molecular complexity index is 944. The smallest absolute Gasteiger partial charge is 0.249 e. The Morgan fingerprint density at radius 1 is 1.19 bits per heavy atom. The van der Waals surface area contributed by atoms with Crippen LogP contribution in [0, 0.1) is 6.92 Å². The quantitative estimate of drug-likeness (QED) is 0.872. The maximum absolute atomic E-state index is 13.3. The largest absolute Gasteiger partial charge is 0.497 e. The van der Waals surface area contributed by atoms with Crippen LogP contribution in [0.2, 0.25) is 0 Å². The third kappa shape index (κ3) is 3.39. The van der Waals surface area contributed by atoms with Gasteiger partial charge in [-0.05, 0) is 62.6 Å². The predicted molar refractivity (Wildman–Crippen MR) is 107 cm³/mol. The minimum atomic E-state index is -3.87. The summed E-state index contributed by atoms with van der Waals surface area (Å²) in [5.41, 5.74) is 1.96. The zero-order chi connectivity index (χ0) is 19.7.